The molecule has 1 aliphatic rings. The largest absolute Gasteiger partial charge is 0.356 e. The molecule has 1 aromatic rings. The van der Waals surface area contributed by atoms with Crippen LogP contribution >= 0.6 is 0 Å². The van der Waals surface area contributed by atoms with Crippen LogP contribution in [0.5, 0.6) is 0 Å². The summed E-state index contributed by atoms with van der Waals surface area (Å²) in [4.78, 5) is 12.1. The molecule has 0 bridgehead atoms. The molecule has 1 fully saturated rings. The van der Waals surface area contributed by atoms with Gasteiger partial charge in [0.2, 0.25) is 5.91 Å². The van der Waals surface area contributed by atoms with Crippen LogP contribution in [-0.2, 0) is 10.2 Å². The zero-order valence-corrected chi connectivity index (χ0v) is 9.57. The molecular formula is C13H18N2O. The van der Waals surface area contributed by atoms with Gasteiger partial charge in [-0.15, -0.1) is 0 Å². The van der Waals surface area contributed by atoms with Gasteiger partial charge in [0.15, 0.2) is 0 Å². The molecule has 0 aliphatic heterocycles. The maximum absolute atomic E-state index is 12.1. The van der Waals surface area contributed by atoms with Gasteiger partial charge in [-0.1, -0.05) is 30.3 Å². The number of carbonyl (C=O) groups excluding carboxylic acids is 1. The molecule has 0 spiro atoms. The van der Waals surface area contributed by atoms with Gasteiger partial charge < -0.3 is 11.1 Å². The Labute approximate surface area is 96.0 Å². The zero-order chi connectivity index (χ0) is 11.6. The monoisotopic (exact) mass is 218 g/mol. The standard InChI is InChI=1S/C13H18N2O/c1-2-15-12(16)13(8-11(13)9-14)10-6-4-3-5-7-10/h3-7,11H,2,8-9,14H2,1H3,(H,15,16)/t11?,13-/m1/s1. The van der Waals surface area contributed by atoms with Crippen molar-refractivity contribution in [1.82, 2.24) is 5.32 Å². The summed E-state index contributed by atoms with van der Waals surface area (Å²) in [7, 11) is 0. The Bertz CT molecular complexity index is 377. The maximum Gasteiger partial charge on any atom is 0.230 e. The highest BCUT2D eigenvalue weighted by molar-refractivity contribution is 5.92. The molecular weight excluding hydrogens is 200 g/mol. The van der Waals surface area contributed by atoms with Crippen LogP contribution in [0.15, 0.2) is 30.3 Å². The predicted molar refractivity (Wildman–Crippen MR) is 64.0 cm³/mol. The second-order valence-corrected chi connectivity index (χ2v) is 4.33. The molecule has 0 aromatic heterocycles. The summed E-state index contributed by atoms with van der Waals surface area (Å²) in [6.07, 6.45) is 0.874. The molecule has 0 radical (unpaired) electrons. The fourth-order valence-electron chi connectivity index (χ4n) is 2.43. The summed E-state index contributed by atoms with van der Waals surface area (Å²) in [5, 5.41) is 2.92. The average molecular weight is 218 g/mol. The minimum absolute atomic E-state index is 0.122. The molecule has 1 amide bonds. The number of rotatable bonds is 4. The molecule has 86 valence electrons. The van der Waals surface area contributed by atoms with Crippen molar-refractivity contribution in [3.63, 3.8) is 0 Å². The highest BCUT2D eigenvalue weighted by Crippen LogP contribution is 2.53. The lowest BCUT2D eigenvalue weighted by Gasteiger charge is -2.16. The smallest absolute Gasteiger partial charge is 0.230 e. The van der Waals surface area contributed by atoms with Crippen LogP contribution in [0, 0.1) is 5.92 Å². The maximum atomic E-state index is 12.1. The van der Waals surface area contributed by atoms with Crippen molar-refractivity contribution in [2.75, 3.05) is 13.1 Å². The Morgan fingerprint density at radius 1 is 1.50 bits per heavy atom. The summed E-state index contributed by atoms with van der Waals surface area (Å²) >= 11 is 0. The Hall–Kier alpha value is -1.35. The SMILES string of the molecule is CCNC(=O)[C@@]1(c2ccccc2)CC1CN. The molecule has 0 saturated heterocycles. The van der Waals surface area contributed by atoms with E-state index in [4.69, 9.17) is 5.73 Å². The Balaban J connectivity index is 2.28. The quantitative estimate of drug-likeness (QED) is 0.793. The molecule has 0 heterocycles. The minimum Gasteiger partial charge on any atom is -0.356 e. The van der Waals surface area contributed by atoms with Crippen molar-refractivity contribution in [2.24, 2.45) is 11.7 Å². The van der Waals surface area contributed by atoms with E-state index in [1.807, 2.05) is 37.3 Å². The molecule has 1 aliphatic carbocycles. The van der Waals surface area contributed by atoms with Gasteiger partial charge >= 0.3 is 0 Å². The van der Waals surface area contributed by atoms with Crippen LogP contribution in [0.1, 0.15) is 18.9 Å². The second-order valence-electron chi connectivity index (χ2n) is 4.33. The summed E-state index contributed by atoms with van der Waals surface area (Å²) in [6.45, 7) is 3.19. The molecule has 2 rings (SSSR count). The normalized spacial score (nSPS) is 27.5. The van der Waals surface area contributed by atoms with E-state index in [0.717, 1.165) is 12.0 Å². The van der Waals surface area contributed by atoms with Gasteiger partial charge in [-0.05, 0) is 31.4 Å². The average Bonchev–Trinajstić information content (AvgIpc) is 3.06. The van der Waals surface area contributed by atoms with E-state index in [0.29, 0.717) is 19.0 Å². The third-order valence-electron chi connectivity index (χ3n) is 3.42. The van der Waals surface area contributed by atoms with E-state index >= 15 is 0 Å². The fourth-order valence-corrected chi connectivity index (χ4v) is 2.43. The number of likely N-dealkylation sites (N-methyl/N-ethyl adjacent to an activating group) is 1. The first kappa shape index (κ1) is 11.1. The van der Waals surface area contributed by atoms with Crippen molar-refractivity contribution < 1.29 is 4.79 Å². The van der Waals surface area contributed by atoms with Crippen LogP contribution in [0.3, 0.4) is 0 Å². The van der Waals surface area contributed by atoms with Crippen LogP contribution < -0.4 is 11.1 Å². The lowest BCUT2D eigenvalue weighted by atomic mass is 9.92. The topological polar surface area (TPSA) is 55.1 Å². The molecule has 3 heteroatoms. The number of hydrogen-bond donors (Lipinski definition) is 2. The lowest BCUT2D eigenvalue weighted by molar-refractivity contribution is -0.123. The Morgan fingerprint density at radius 3 is 2.69 bits per heavy atom. The van der Waals surface area contributed by atoms with E-state index in [2.05, 4.69) is 5.32 Å². The Kier molecular flexibility index (Phi) is 2.97. The summed E-state index contributed by atoms with van der Waals surface area (Å²) in [5.74, 6) is 0.415. The van der Waals surface area contributed by atoms with Crippen molar-refractivity contribution >= 4 is 5.91 Å². The summed E-state index contributed by atoms with van der Waals surface area (Å²) in [6, 6.07) is 9.95. The number of benzene rings is 1. The number of amides is 1. The number of hydrogen-bond acceptors (Lipinski definition) is 2. The van der Waals surface area contributed by atoms with Gasteiger partial charge in [-0.2, -0.15) is 0 Å². The molecule has 1 unspecified atom stereocenters. The summed E-state index contributed by atoms with van der Waals surface area (Å²) in [5.41, 5.74) is 6.44. The van der Waals surface area contributed by atoms with E-state index in [1.165, 1.54) is 0 Å². The third-order valence-corrected chi connectivity index (χ3v) is 3.42. The van der Waals surface area contributed by atoms with Crippen LogP contribution in [0.2, 0.25) is 0 Å². The highest BCUT2D eigenvalue weighted by atomic mass is 16.2. The molecule has 3 nitrogen and oxygen atoms in total. The van der Waals surface area contributed by atoms with Gasteiger partial charge in [0.05, 0.1) is 5.41 Å². The Morgan fingerprint density at radius 2 is 2.19 bits per heavy atom. The van der Waals surface area contributed by atoms with E-state index in [1.54, 1.807) is 0 Å². The number of nitrogens with one attached hydrogen (secondary N) is 1. The van der Waals surface area contributed by atoms with Crippen molar-refractivity contribution in [1.29, 1.82) is 0 Å². The molecule has 16 heavy (non-hydrogen) atoms. The molecule has 1 saturated carbocycles. The van der Waals surface area contributed by atoms with E-state index in [-0.39, 0.29) is 11.3 Å². The second kappa shape index (κ2) is 4.26. The van der Waals surface area contributed by atoms with Gasteiger partial charge in [0, 0.05) is 6.54 Å². The number of carbonyl (C=O) groups is 1. The van der Waals surface area contributed by atoms with E-state index < -0.39 is 0 Å². The lowest BCUT2D eigenvalue weighted by Crippen LogP contribution is -2.37. The first-order valence-electron chi connectivity index (χ1n) is 5.79. The zero-order valence-electron chi connectivity index (χ0n) is 9.57. The van der Waals surface area contributed by atoms with E-state index in [9.17, 15) is 4.79 Å². The van der Waals surface area contributed by atoms with Crippen LogP contribution in [0.25, 0.3) is 0 Å². The van der Waals surface area contributed by atoms with Gasteiger partial charge in [-0.3, -0.25) is 4.79 Å². The predicted octanol–water partition coefficient (Wildman–Crippen LogP) is 1.04. The molecule has 1 aromatic carbocycles. The molecule has 2 atom stereocenters. The minimum atomic E-state index is -0.355. The van der Waals surface area contributed by atoms with Gasteiger partial charge in [-0.25, -0.2) is 0 Å². The first-order chi connectivity index (χ1) is 7.75. The first-order valence-corrected chi connectivity index (χ1v) is 5.79. The van der Waals surface area contributed by atoms with Gasteiger partial charge in [0.25, 0.3) is 0 Å². The fraction of sp³-hybridized carbons (Fsp3) is 0.462. The van der Waals surface area contributed by atoms with Crippen molar-refractivity contribution in [3.8, 4) is 0 Å². The van der Waals surface area contributed by atoms with Crippen molar-refractivity contribution in [2.45, 2.75) is 18.8 Å². The van der Waals surface area contributed by atoms with Crippen molar-refractivity contribution in [3.05, 3.63) is 35.9 Å². The van der Waals surface area contributed by atoms with Gasteiger partial charge in [0.1, 0.15) is 0 Å². The number of nitrogens with two attached hydrogens (primary N) is 1. The summed E-state index contributed by atoms with van der Waals surface area (Å²) < 4.78 is 0. The highest BCUT2D eigenvalue weighted by Gasteiger charge is 2.59. The molecule has 3 N–H and O–H groups in total. The van der Waals surface area contributed by atoms with Crippen LogP contribution in [-0.4, -0.2) is 19.0 Å². The van der Waals surface area contributed by atoms with Crippen LogP contribution in [0.4, 0.5) is 0 Å². The third kappa shape index (κ3) is 1.61.